The van der Waals surface area contributed by atoms with E-state index in [1.54, 1.807) is 0 Å². The fourth-order valence-corrected chi connectivity index (χ4v) is 2.68. The lowest BCUT2D eigenvalue weighted by Crippen LogP contribution is -1.99. The van der Waals surface area contributed by atoms with E-state index in [9.17, 15) is 0 Å². The third kappa shape index (κ3) is 2.23. The number of anilines is 1. The highest BCUT2D eigenvalue weighted by atomic mass is 32.1. The minimum Gasteiger partial charge on any atom is -0.454 e. The highest BCUT2D eigenvalue weighted by molar-refractivity contribution is 7.09. The van der Waals surface area contributed by atoms with Crippen LogP contribution in [0.25, 0.3) is 0 Å². The number of hydrogen-bond acceptors (Lipinski definition) is 6. The van der Waals surface area contributed by atoms with Crippen LogP contribution in [0.4, 0.5) is 5.13 Å². The van der Waals surface area contributed by atoms with Crippen molar-refractivity contribution < 1.29 is 9.47 Å². The largest absolute Gasteiger partial charge is 0.454 e. The van der Waals surface area contributed by atoms with Gasteiger partial charge in [0, 0.05) is 24.0 Å². The Morgan fingerprint density at radius 1 is 1.26 bits per heavy atom. The van der Waals surface area contributed by atoms with Crippen molar-refractivity contribution in [1.82, 2.24) is 9.36 Å². The van der Waals surface area contributed by atoms with Gasteiger partial charge in [0.1, 0.15) is 5.82 Å². The lowest BCUT2D eigenvalue weighted by molar-refractivity contribution is 0.174. The number of benzene rings is 1. The Hall–Kier alpha value is -1.82. The average Bonchev–Trinajstić information content (AvgIpc) is 3.01. The monoisotopic (exact) mass is 275 g/mol. The third-order valence-electron chi connectivity index (χ3n) is 3.26. The first-order chi connectivity index (χ1) is 9.38. The molecule has 0 unspecified atom stereocenters. The van der Waals surface area contributed by atoms with E-state index in [1.807, 2.05) is 18.2 Å². The zero-order valence-electron chi connectivity index (χ0n) is 10.3. The van der Waals surface area contributed by atoms with E-state index in [0.29, 0.717) is 12.7 Å². The molecule has 2 aliphatic rings. The predicted octanol–water partition coefficient (Wildman–Crippen LogP) is 2.76. The van der Waals surface area contributed by atoms with Crippen LogP contribution in [0, 0.1) is 0 Å². The Morgan fingerprint density at radius 3 is 3.05 bits per heavy atom. The predicted molar refractivity (Wildman–Crippen MR) is 71.8 cm³/mol. The van der Waals surface area contributed by atoms with Crippen LogP contribution in [0.3, 0.4) is 0 Å². The van der Waals surface area contributed by atoms with E-state index in [2.05, 4.69) is 14.7 Å². The Kier molecular flexibility index (Phi) is 2.55. The molecule has 1 aliphatic heterocycles. The van der Waals surface area contributed by atoms with E-state index in [4.69, 9.17) is 9.47 Å². The van der Waals surface area contributed by atoms with Crippen LogP contribution in [0.2, 0.25) is 0 Å². The number of ether oxygens (including phenoxy) is 2. The topological polar surface area (TPSA) is 56.3 Å². The van der Waals surface area contributed by atoms with Crippen LogP contribution in [-0.2, 0) is 6.54 Å². The first-order valence-corrected chi connectivity index (χ1v) is 7.12. The first-order valence-electron chi connectivity index (χ1n) is 6.34. The second kappa shape index (κ2) is 4.38. The van der Waals surface area contributed by atoms with Crippen molar-refractivity contribution in [3.05, 3.63) is 29.6 Å². The Morgan fingerprint density at radius 2 is 2.16 bits per heavy atom. The molecule has 0 spiro atoms. The van der Waals surface area contributed by atoms with Gasteiger partial charge in [-0.05, 0) is 30.5 Å². The maximum absolute atomic E-state index is 5.36. The van der Waals surface area contributed by atoms with Crippen molar-refractivity contribution in [2.24, 2.45) is 0 Å². The third-order valence-corrected chi connectivity index (χ3v) is 3.95. The van der Waals surface area contributed by atoms with Crippen LogP contribution >= 0.6 is 11.5 Å². The zero-order valence-corrected chi connectivity index (χ0v) is 11.1. The lowest BCUT2D eigenvalue weighted by Gasteiger charge is -2.03. The molecule has 0 atom stereocenters. The van der Waals surface area contributed by atoms with Crippen LogP contribution in [-0.4, -0.2) is 16.2 Å². The molecule has 1 N–H and O–H groups in total. The van der Waals surface area contributed by atoms with Gasteiger partial charge in [-0.25, -0.2) is 4.98 Å². The Labute approximate surface area is 114 Å². The molecule has 6 heteroatoms. The van der Waals surface area contributed by atoms with Crippen LogP contribution in [0.5, 0.6) is 11.5 Å². The van der Waals surface area contributed by atoms with Crippen molar-refractivity contribution in [2.45, 2.75) is 25.3 Å². The van der Waals surface area contributed by atoms with Crippen molar-refractivity contribution >= 4 is 16.7 Å². The maximum Gasteiger partial charge on any atom is 0.231 e. The van der Waals surface area contributed by atoms with E-state index < -0.39 is 0 Å². The lowest BCUT2D eigenvalue weighted by atomic mass is 10.2. The molecule has 0 radical (unpaired) electrons. The number of rotatable bonds is 4. The molecule has 1 aliphatic carbocycles. The van der Waals surface area contributed by atoms with Gasteiger partial charge in [-0.15, -0.1) is 0 Å². The minimum atomic E-state index is 0.313. The number of nitrogens with zero attached hydrogens (tertiary/aromatic N) is 2. The molecule has 1 saturated carbocycles. The van der Waals surface area contributed by atoms with Gasteiger partial charge in [0.25, 0.3) is 0 Å². The van der Waals surface area contributed by atoms with Gasteiger partial charge < -0.3 is 14.8 Å². The fraction of sp³-hybridized carbons (Fsp3) is 0.385. The number of fused-ring (bicyclic) bond motifs is 1. The zero-order chi connectivity index (χ0) is 12.7. The summed E-state index contributed by atoms with van der Waals surface area (Å²) in [6, 6.07) is 5.97. The molecule has 2 heterocycles. The molecule has 2 aromatic rings. The number of nitrogens with one attached hydrogen (secondary N) is 1. The fourth-order valence-electron chi connectivity index (χ4n) is 2.04. The van der Waals surface area contributed by atoms with E-state index in [-0.39, 0.29) is 0 Å². The van der Waals surface area contributed by atoms with Crippen LogP contribution in [0.1, 0.15) is 30.1 Å². The highest BCUT2D eigenvalue weighted by Crippen LogP contribution is 2.39. The molecule has 0 amide bonds. The maximum atomic E-state index is 5.36. The highest BCUT2D eigenvalue weighted by Gasteiger charge is 2.27. The van der Waals surface area contributed by atoms with Crippen LogP contribution < -0.4 is 14.8 Å². The van der Waals surface area contributed by atoms with E-state index in [1.165, 1.54) is 24.4 Å². The summed E-state index contributed by atoms with van der Waals surface area (Å²) in [4.78, 5) is 4.50. The molecule has 19 heavy (non-hydrogen) atoms. The summed E-state index contributed by atoms with van der Waals surface area (Å²) in [5.41, 5.74) is 1.15. The average molecular weight is 275 g/mol. The molecule has 0 saturated heterocycles. The standard InChI is InChI=1S/C13H13N3O2S/c1-4-10-11(18-7-17-10)5-8(1)6-14-13-15-12(16-19-13)9-2-3-9/h1,4-5,9H,2-3,6-7H2,(H,14,15,16). The van der Waals surface area contributed by atoms with Crippen molar-refractivity contribution in [2.75, 3.05) is 12.1 Å². The van der Waals surface area contributed by atoms with Crippen LogP contribution in [0.15, 0.2) is 18.2 Å². The number of hydrogen-bond donors (Lipinski definition) is 1. The number of aromatic nitrogens is 2. The molecule has 1 aromatic carbocycles. The van der Waals surface area contributed by atoms with Gasteiger partial charge in [-0.3, -0.25) is 0 Å². The SMILES string of the molecule is c1cc2c(cc1CNc1nc(C3CC3)ns1)OCO2. The normalized spacial score (nSPS) is 16.6. The Bertz CT molecular complexity index is 610. The van der Waals surface area contributed by atoms with Crippen molar-refractivity contribution in [3.63, 3.8) is 0 Å². The quantitative estimate of drug-likeness (QED) is 0.929. The molecule has 5 nitrogen and oxygen atoms in total. The van der Waals surface area contributed by atoms with E-state index >= 15 is 0 Å². The first kappa shape index (κ1) is 11.0. The minimum absolute atomic E-state index is 0.313. The van der Waals surface area contributed by atoms with Gasteiger partial charge in [0.05, 0.1) is 0 Å². The van der Waals surface area contributed by atoms with Gasteiger partial charge in [0.2, 0.25) is 11.9 Å². The van der Waals surface area contributed by atoms with Gasteiger partial charge in [-0.1, -0.05) is 6.07 Å². The summed E-state index contributed by atoms with van der Waals surface area (Å²) in [6.07, 6.45) is 2.47. The Balaban J connectivity index is 1.43. The van der Waals surface area contributed by atoms with Crippen molar-refractivity contribution in [1.29, 1.82) is 0 Å². The molecule has 98 valence electrons. The summed E-state index contributed by atoms with van der Waals surface area (Å²) >= 11 is 1.43. The van der Waals surface area contributed by atoms with Gasteiger partial charge in [0.15, 0.2) is 11.5 Å². The summed E-state index contributed by atoms with van der Waals surface area (Å²) in [5, 5.41) is 4.19. The summed E-state index contributed by atoms with van der Waals surface area (Å²) in [5.74, 6) is 3.24. The molecular formula is C13H13N3O2S. The molecule has 1 fully saturated rings. The summed E-state index contributed by atoms with van der Waals surface area (Å²) in [7, 11) is 0. The van der Waals surface area contributed by atoms with Crippen molar-refractivity contribution in [3.8, 4) is 11.5 Å². The molecule has 0 bridgehead atoms. The second-order valence-electron chi connectivity index (χ2n) is 4.77. The smallest absolute Gasteiger partial charge is 0.231 e. The summed E-state index contributed by atoms with van der Waals surface area (Å²) < 4.78 is 15.0. The molecule has 4 rings (SSSR count). The summed E-state index contributed by atoms with van der Waals surface area (Å²) in [6.45, 7) is 1.03. The molecular weight excluding hydrogens is 262 g/mol. The molecule has 1 aromatic heterocycles. The van der Waals surface area contributed by atoms with Gasteiger partial charge in [-0.2, -0.15) is 4.37 Å². The second-order valence-corrected chi connectivity index (χ2v) is 5.53. The van der Waals surface area contributed by atoms with E-state index in [0.717, 1.165) is 34.6 Å². The van der Waals surface area contributed by atoms with Gasteiger partial charge >= 0.3 is 0 Å².